The van der Waals surface area contributed by atoms with E-state index in [2.05, 4.69) is 64.1 Å². The van der Waals surface area contributed by atoms with E-state index in [1.54, 1.807) is 10.0 Å². The molecule has 0 amide bonds. The highest BCUT2D eigenvalue weighted by atomic mass is 19.1. The molecule has 1 saturated heterocycles. The van der Waals surface area contributed by atoms with Crippen molar-refractivity contribution >= 4 is 23.1 Å². The van der Waals surface area contributed by atoms with Crippen LogP contribution in [0, 0.1) is 5.82 Å². The number of piperidine rings is 1. The van der Waals surface area contributed by atoms with Crippen LogP contribution >= 0.6 is 0 Å². The van der Waals surface area contributed by atoms with Crippen molar-refractivity contribution in [1.29, 1.82) is 0 Å². The molecule has 4 rings (SSSR count). The standard InChI is InChI=1S/C21H30FN9/c1-20(2)10-15(11-21(3,4)27-20)24-18-17(22)12-23-19(26-18)25-14-7-6-8-16(9-14)31-13-30(5)28-29-31/h6-9,12,15,27H,10-11,13H2,1-5H3,(H2,23,24,25,26). The van der Waals surface area contributed by atoms with Gasteiger partial charge >= 0.3 is 0 Å². The summed E-state index contributed by atoms with van der Waals surface area (Å²) in [6.45, 7) is 9.23. The van der Waals surface area contributed by atoms with Crippen molar-refractivity contribution in [3.8, 4) is 0 Å². The van der Waals surface area contributed by atoms with Crippen LogP contribution in [0.25, 0.3) is 0 Å². The van der Waals surface area contributed by atoms with Gasteiger partial charge in [0.2, 0.25) is 5.95 Å². The van der Waals surface area contributed by atoms with Gasteiger partial charge in [0, 0.05) is 29.9 Å². The Morgan fingerprint density at radius 1 is 1.13 bits per heavy atom. The molecular formula is C21H30FN9. The summed E-state index contributed by atoms with van der Waals surface area (Å²) in [6, 6.07) is 7.79. The smallest absolute Gasteiger partial charge is 0.229 e. The summed E-state index contributed by atoms with van der Waals surface area (Å²) in [4.78, 5) is 8.51. The van der Waals surface area contributed by atoms with E-state index in [0.29, 0.717) is 12.6 Å². The molecule has 2 aliphatic heterocycles. The lowest BCUT2D eigenvalue weighted by Gasteiger charge is -2.46. The van der Waals surface area contributed by atoms with E-state index in [4.69, 9.17) is 0 Å². The summed E-state index contributed by atoms with van der Waals surface area (Å²) < 4.78 is 14.5. The van der Waals surface area contributed by atoms with Gasteiger partial charge in [-0.1, -0.05) is 11.3 Å². The second-order valence-corrected chi connectivity index (χ2v) is 9.59. The summed E-state index contributed by atoms with van der Waals surface area (Å²) in [5.41, 5.74) is 1.57. The van der Waals surface area contributed by atoms with Gasteiger partial charge in [-0.25, -0.2) is 14.4 Å². The first-order valence-corrected chi connectivity index (χ1v) is 10.4. The van der Waals surface area contributed by atoms with Crippen LogP contribution in [0.3, 0.4) is 0 Å². The summed E-state index contributed by atoms with van der Waals surface area (Å²) in [6.07, 6.45) is 2.93. The van der Waals surface area contributed by atoms with Gasteiger partial charge in [-0.3, -0.25) is 5.01 Å². The maximum Gasteiger partial charge on any atom is 0.229 e. The molecule has 31 heavy (non-hydrogen) atoms. The molecule has 9 nitrogen and oxygen atoms in total. The predicted octanol–water partition coefficient (Wildman–Crippen LogP) is 4.07. The number of nitrogens with zero attached hydrogens (tertiary/aromatic N) is 6. The molecule has 1 fully saturated rings. The topological polar surface area (TPSA) is 93.1 Å². The minimum atomic E-state index is -0.464. The molecule has 1 aromatic heterocycles. The Kier molecular flexibility index (Phi) is 5.42. The van der Waals surface area contributed by atoms with Crippen LogP contribution in [-0.4, -0.2) is 45.8 Å². The second-order valence-electron chi connectivity index (χ2n) is 9.59. The molecule has 2 aliphatic rings. The van der Waals surface area contributed by atoms with Crippen LogP contribution in [0.2, 0.25) is 0 Å². The Morgan fingerprint density at radius 2 is 1.87 bits per heavy atom. The fourth-order valence-corrected chi connectivity index (χ4v) is 4.52. The van der Waals surface area contributed by atoms with Crippen LogP contribution in [0.4, 0.5) is 27.5 Å². The largest absolute Gasteiger partial charge is 0.365 e. The average Bonchev–Trinajstić information content (AvgIpc) is 3.09. The first kappa shape index (κ1) is 21.2. The van der Waals surface area contributed by atoms with Gasteiger partial charge in [-0.05, 0) is 64.0 Å². The third-order valence-corrected chi connectivity index (χ3v) is 5.31. The highest BCUT2D eigenvalue weighted by molar-refractivity contribution is 5.62. The van der Waals surface area contributed by atoms with E-state index >= 15 is 0 Å². The number of aromatic nitrogens is 2. The van der Waals surface area contributed by atoms with Crippen LogP contribution < -0.4 is 21.0 Å². The molecule has 1 aromatic carbocycles. The maximum atomic E-state index is 14.5. The maximum absolute atomic E-state index is 14.5. The van der Waals surface area contributed by atoms with Gasteiger partial charge in [-0.2, -0.15) is 4.98 Å². The van der Waals surface area contributed by atoms with Gasteiger partial charge in [-0.15, -0.1) is 0 Å². The Bertz CT molecular complexity index is 959. The number of nitrogens with one attached hydrogen (secondary N) is 3. The Morgan fingerprint density at radius 3 is 2.55 bits per heavy atom. The van der Waals surface area contributed by atoms with E-state index in [0.717, 1.165) is 24.2 Å². The predicted molar refractivity (Wildman–Crippen MR) is 120 cm³/mol. The fraction of sp³-hybridized carbons (Fsp3) is 0.524. The molecule has 0 radical (unpaired) electrons. The lowest BCUT2D eigenvalue weighted by atomic mass is 9.79. The molecule has 0 spiro atoms. The van der Waals surface area contributed by atoms with Gasteiger partial charge in [0.05, 0.1) is 11.9 Å². The number of benzene rings is 1. The summed E-state index contributed by atoms with van der Waals surface area (Å²) in [5.74, 6) is 0.0738. The van der Waals surface area contributed by atoms with Crippen molar-refractivity contribution in [2.24, 2.45) is 10.4 Å². The van der Waals surface area contributed by atoms with Gasteiger partial charge in [0.15, 0.2) is 11.6 Å². The van der Waals surface area contributed by atoms with Crippen LogP contribution in [0.15, 0.2) is 40.9 Å². The van der Waals surface area contributed by atoms with E-state index in [1.165, 1.54) is 6.20 Å². The first-order chi connectivity index (χ1) is 14.6. The lowest BCUT2D eigenvalue weighted by Crippen LogP contribution is -2.60. The minimum absolute atomic E-state index is 0.0502. The van der Waals surface area contributed by atoms with E-state index in [-0.39, 0.29) is 22.9 Å². The van der Waals surface area contributed by atoms with Crippen molar-refractivity contribution < 1.29 is 4.39 Å². The molecule has 3 N–H and O–H groups in total. The van der Waals surface area contributed by atoms with Crippen molar-refractivity contribution in [2.75, 3.05) is 29.4 Å². The molecule has 0 aliphatic carbocycles. The molecule has 0 atom stereocenters. The van der Waals surface area contributed by atoms with E-state index < -0.39 is 5.82 Å². The number of hydrogen-bond donors (Lipinski definition) is 3. The third kappa shape index (κ3) is 5.19. The van der Waals surface area contributed by atoms with Crippen molar-refractivity contribution in [3.63, 3.8) is 0 Å². The van der Waals surface area contributed by atoms with Gasteiger partial charge < -0.3 is 16.0 Å². The Labute approximate surface area is 182 Å². The highest BCUT2D eigenvalue weighted by Crippen LogP contribution is 2.31. The molecule has 3 heterocycles. The zero-order valence-corrected chi connectivity index (χ0v) is 18.6. The molecule has 10 heteroatoms. The summed E-state index contributed by atoms with van der Waals surface area (Å²) in [7, 11) is 1.86. The average molecular weight is 428 g/mol. The molecular weight excluding hydrogens is 397 g/mol. The van der Waals surface area contributed by atoms with E-state index in [9.17, 15) is 4.39 Å². The minimum Gasteiger partial charge on any atom is -0.365 e. The zero-order chi connectivity index (χ0) is 22.2. The lowest BCUT2D eigenvalue weighted by molar-refractivity contribution is 0.170. The normalized spacial score (nSPS) is 20.2. The summed E-state index contributed by atoms with van der Waals surface area (Å²) >= 11 is 0. The molecule has 0 saturated carbocycles. The molecule has 0 bridgehead atoms. The number of anilines is 4. The Balaban J connectivity index is 1.49. The van der Waals surface area contributed by atoms with Crippen LogP contribution in [-0.2, 0) is 0 Å². The third-order valence-electron chi connectivity index (χ3n) is 5.31. The quantitative estimate of drug-likeness (QED) is 0.662. The first-order valence-electron chi connectivity index (χ1n) is 10.4. The second kappa shape index (κ2) is 7.92. The number of halogens is 1. The van der Waals surface area contributed by atoms with E-state index in [1.807, 2.05) is 31.3 Å². The van der Waals surface area contributed by atoms with Crippen molar-refractivity contribution in [1.82, 2.24) is 20.3 Å². The highest BCUT2D eigenvalue weighted by Gasteiger charge is 2.38. The monoisotopic (exact) mass is 427 g/mol. The number of hydrogen-bond acceptors (Lipinski definition) is 9. The van der Waals surface area contributed by atoms with Gasteiger partial charge in [0.25, 0.3) is 0 Å². The van der Waals surface area contributed by atoms with Gasteiger partial charge in [0.1, 0.15) is 6.67 Å². The zero-order valence-electron chi connectivity index (χ0n) is 18.6. The SMILES string of the molecule is CN1CN(c2cccc(Nc3ncc(F)c(NC4CC(C)(C)NC(C)(C)C4)n3)c2)N=N1. The summed E-state index contributed by atoms with van der Waals surface area (Å²) in [5, 5.41) is 21.7. The van der Waals surface area contributed by atoms with Crippen LogP contribution in [0.5, 0.6) is 0 Å². The molecule has 2 aromatic rings. The Hall–Kier alpha value is -3.01. The van der Waals surface area contributed by atoms with Crippen LogP contribution in [0.1, 0.15) is 40.5 Å². The fourth-order valence-electron chi connectivity index (χ4n) is 4.52. The van der Waals surface area contributed by atoms with Crippen molar-refractivity contribution in [3.05, 3.63) is 36.3 Å². The van der Waals surface area contributed by atoms with Crippen molar-refractivity contribution in [2.45, 2.75) is 57.7 Å². The molecule has 166 valence electrons. The molecule has 0 unspecified atom stereocenters. The number of rotatable bonds is 5.